The molecule has 0 radical (unpaired) electrons. The van der Waals surface area contributed by atoms with Crippen molar-refractivity contribution in [3.8, 4) is 11.1 Å². The number of pyridine rings is 1. The number of nitrogens with zero attached hydrogens (tertiary/aromatic N) is 4. The first-order chi connectivity index (χ1) is 15.6. The molecule has 1 saturated carbocycles. The second kappa shape index (κ2) is 8.83. The Bertz CT molecular complexity index is 946. The molecule has 3 fully saturated rings. The van der Waals surface area contributed by atoms with Crippen LogP contribution in [0, 0.1) is 5.41 Å². The minimum absolute atomic E-state index is 0.163. The number of aliphatic hydroxyl groups excluding tert-OH is 1. The number of hydrogen-bond donors (Lipinski definition) is 1. The summed E-state index contributed by atoms with van der Waals surface area (Å²) >= 11 is 0. The van der Waals surface area contributed by atoms with E-state index in [1.165, 1.54) is 12.8 Å². The Labute approximate surface area is 190 Å². The molecule has 1 aromatic carbocycles. The van der Waals surface area contributed by atoms with Gasteiger partial charge in [-0.3, -0.25) is 9.78 Å². The Hall–Kier alpha value is -2.44. The lowest BCUT2D eigenvalue weighted by atomic mass is 9.90. The summed E-state index contributed by atoms with van der Waals surface area (Å²) in [5.41, 5.74) is 3.63. The number of rotatable bonds is 6. The fraction of sp³-hybridized carbons (Fsp3) is 0.538. The molecule has 1 spiro atoms. The van der Waals surface area contributed by atoms with Gasteiger partial charge in [0.1, 0.15) is 6.04 Å². The highest BCUT2D eigenvalue weighted by atomic mass is 16.3. The summed E-state index contributed by atoms with van der Waals surface area (Å²) in [7, 11) is 0. The first-order valence-electron chi connectivity index (χ1n) is 12.0. The molecular formula is C26H34N4O2. The lowest BCUT2D eigenvalue weighted by Gasteiger charge is -2.41. The normalized spacial score (nSPS) is 25.4. The average molecular weight is 435 g/mol. The van der Waals surface area contributed by atoms with Gasteiger partial charge >= 0.3 is 0 Å². The molecule has 1 amide bonds. The SMILES string of the molecule is CC1C(=O)N(CCCN2CCC3(CC3)C(O)C2)CCN1c1cccc(-c2ccncc2)c1. The van der Waals surface area contributed by atoms with Crippen LogP contribution in [-0.2, 0) is 4.79 Å². The number of carbonyl (C=O) groups is 1. The van der Waals surface area contributed by atoms with Crippen molar-refractivity contribution in [3.05, 3.63) is 48.8 Å². The van der Waals surface area contributed by atoms with E-state index in [1.807, 2.05) is 36.4 Å². The third kappa shape index (κ3) is 4.26. The fourth-order valence-electron chi connectivity index (χ4n) is 5.42. The van der Waals surface area contributed by atoms with Crippen LogP contribution in [0.25, 0.3) is 11.1 Å². The van der Waals surface area contributed by atoms with E-state index in [9.17, 15) is 9.90 Å². The van der Waals surface area contributed by atoms with Crippen LogP contribution in [0.3, 0.4) is 0 Å². The molecule has 0 bridgehead atoms. The number of piperazine rings is 1. The van der Waals surface area contributed by atoms with Crippen LogP contribution < -0.4 is 4.90 Å². The minimum Gasteiger partial charge on any atom is -0.391 e. The fourth-order valence-corrected chi connectivity index (χ4v) is 5.42. The van der Waals surface area contributed by atoms with E-state index in [0.717, 1.165) is 68.9 Å². The molecular weight excluding hydrogens is 400 g/mol. The lowest BCUT2D eigenvalue weighted by Crippen LogP contribution is -2.56. The largest absolute Gasteiger partial charge is 0.391 e. The Morgan fingerprint density at radius 1 is 1.03 bits per heavy atom. The topological polar surface area (TPSA) is 59.9 Å². The van der Waals surface area contributed by atoms with Crippen molar-refractivity contribution in [2.75, 3.05) is 44.2 Å². The van der Waals surface area contributed by atoms with Crippen molar-refractivity contribution in [2.24, 2.45) is 5.41 Å². The van der Waals surface area contributed by atoms with Gasteiger partial charge in [0.05, 0.1) is 6.10 Å². The molecule has 2 aromatic rings. The number of piperidine rings is 1. The number of likely N-dealkylation sites (tertiary alicyclic amines) is 1. The third-order valence-corrected chi connectivity index (χ3v) is 7.80. The molecule has 6 heteroatoms. The number of aliphatic hydroxyl groups is 1. The molecule has 1 aromatic heterocycles. The quantitative estimate of drug-likeness (QED) is 0.757. The van der Waals surface area contributed by atoms with Gasteiger partial charge in [0.15, 0.2) is 0 Å². The molecule has 1 aliphatic carbocycles. The molecule has 2 unspecified atom stereocenters. The van der Waals surface area contributed by atoms with Gasteiger partial charge in [0.2, 0.25) is 5.91 Å². The maximum Gasteiger partial charge on any atom is 0.245 e. The first kappa shape index (κ1) is 21.4. The van der Waals surface area contributed by atoms with E-state index in [2.05, 4.69) is 39.0 Å². The van der Waals surface area contributed by atoms with E-state index < -0.39 is 0 Å². The summed E-state index contributed by atoms with van der Waals surface area (Å²) in [5.74, 6) is 0.209. The Morgan fingerprint density at radius 2 is 1.84 bits per heavy atom. The highest BCUT2D eigenvalue weighted by Crippen LogP contribution is 2.53. The summed E-state index contributed by atoms with van der Waals surface area (Å²) in [4.78, 5) is 23.8. The maximum atomic E-state index is 13.1. The van der Waals surface area contributed by atoms with Crippen LogP contribution in [0.1, 0.15) is 32.6 Å². The lowest BCUT2D eigenvalue weighted by molar-refractivity contribution is -0.134. The predicted octanol–water partition coefficient (Wildman–Crippen LogP) is 3.02. The smallest absolute Gasteiger partial charge is 0.245 e. The predicted molar refractivity (Wildman–Crippen MR) is 126 cm³/mol. The first-order valence-corrected chi connectivity index (χ1v) is 12.0. The van der Waals surface area contributed by atoms with Gasteiger partial charge in [-0.2, -0.15) is 0 Å². The number of β-amino-alcohol motifs (C(OH)–C–C–N with tert-alkyl or cyclic N) is 1. The van der Waals surface area contributed by atoms with Crippen molar-refractivity contribution >= 4 is 11.6 Å². The van der Waals surface area contributed by atoms with Crippen molar-refractivity contribution < 1.29 is 9.90 Å². The highest BCUT2D eigenvalue weighted by Gasteiger charge is 2.51. The standard InChI is InChI=1S/C26H34N4O2/c1-20-25(32)29(14-3-13-28-15-10-26(8-9-26)24(31)19-28)16-17-30(20)23-5-2-4-22(18-23)21-6-11-27-12-7-21/h2,4-7,11-12,18,20,24,31H,3,8-10,13-17,19H2,1H3. The Kier molecular flexibility index (Phi) is 5.91. The summed E-state index contributed by atoms with van der Waals surface area (Å²) in [6.45, 7) is 7.26. The number of benzene rings is 1. The zero-order valence-electron chi connectivity index (χ0n) is 19.0. The van der Waals surface area contributed by atoms with E-state index in [-0.39, 0.29) is 23.5 Å². The zero-order valence-corrected chi connectivity index (χ0v) is 19.0. The van der Waals surface area contributed by atoms with Crippen LogP contribution in [0.5, 0.6) is 0 Å². The number of aromatic nitrogens is 1. The van der Waals surface area contributed by atoms with Crippen molar-refractivity contribution in [1.29, 1.82) is 0 Å². The van der Waals surface area contributed by atoms with Gasteiger partial charge in [0.25, 0.3) is 0 Å². The minimum atomic E-state index is -0.164. The van der Waals surface area contributed by atoms with Gasteiger partial charge in [-0.25, -0.2) is 0 Å². The van der Waals surface area contributed by atoms with Gasteiger partial charge < -0.3 is 19.8 Å². The van der Waals surface area contributed by atoms with Crippen molar-refractivity contribution in [3.63, 3.8) is 0 Å². The van der Waals surface area contributed by atoms with Crippen molar-refractivity contribution in [2.45, 2.75) is 44.8 Å². The summed E-state index contributed by atoms with van der Waals surface area (Å²) < 4.78 is 0. The molecule has 170 valence electrons. The van der Waals surface area contributed by atoms with Crippen LogP contribution in [0.15, 0.2) is 48.8 Å². The van der Waals surface area contributed by atoms with Crippen LogP contribution in [-0.4, -0.2) is 77.2 Å². The van der Waals surface area contributed by atoms with Gasteiger partial charge in [-0.1, -0.05) is 12.1 Å². The van der Waals surface area contributed by atoms with Crippen LogP contribution in [0.4, 0.5) is 5.69 Å². The number of hydrogen-bond acceptors (Lipinski definition) is 5. The number of amides is 1. The van der Waals surface area contributed by atoms with Crippen LogP contribution >= 0.6 is 0 Å². The van der Waals surface area contributed by atoms with Gasteiger partial charge in [-0.05, 0) is 86.5 Å². The molecule has 3 heterocycles. The Morgan fingerprint density at radius 3 is 2.59 bits per heavy atom. The second-order valence-corrected chi connectivity index (χ2v) is 9.76. The van der Waals surface area contributed by atoms with E-state index in [0.29, 0.717) is 0 Å². The zero-order chi connectivity index (χ0) is 22.1. The van der Waals surface area contributed by atoms with Crippen molar-refractivity contribution in [1.82, 2.24) is 14.8 Å². The molecule has 32 heavy (non-hydrogen) atoms. The summed E-state index contributed by atoms with van der Waals surface area (Å²) in [6.07, 6.45) is 7.94. The van der Waals surface area contributed by atoms with E-state index in [4.69, 9.17) is 0 Å². The molecule has 5 rings (SSSR count). The van der Waals surface area contributed by atoms with E-state index >= 15 is 0 Å². The molecule has 3 aliphatic rings. The average Bonchev–Trinajstić information content (AvgIpc) is 3.61. The monoisotopic (exact) mass is 434 g/mol. The Balaban J connectivity index is 1.15. The molecule has 2 aliphatic heterocycles. The molecule has 2 atom stereocenters. The number of carbonyl (C=O) groups excluding carboxylic acids is 1. The van der Waals surface area contributed by atoms with Crippen LogP contribution in [0.2, 0.25) is 0 Å². The molecule has 6 nitrogen and oxygen atoms in total. The van der Waals surface area contributed by atoms with E-state index in [1.54, 1.807) is 0 Å². The summed E-state index contributed by atoms with van der Waals surface area (Å²) in [6, 6.07) is 12.3. The van der Waals surface area contributed by atoms with Gasteiger partial charge in [-0.15, -0.1) is 0 Å². The van der Waals surface area contributed by atoms with Gasteiger partial charge in [0, 0.05) is 44.3 Å². The second-order valence-electron chi connectivity index (χ2n) is 9.76. The molecule has 1 N–H and O–H groups in total. The molecule has 2 saturated heterocycles. The number of anilines is 1. The highest BCUT2D eigenvalue weighted by molar-refractivity contribution is 5.86. The summed E-state index contributed by atoms with van der Waals surface area (Å²) in [5, 5.41) is 10.4. The maximum absolute atomic E-state index is 13.1. The third-order valence-electron chi connectivity index (χ3n) is 7.80.